The molecule has 4 N–H and O–H groups in total. The number of aromatic nitrogens is 2. The van der Waals surface area contributed by atoms with E-state index in [9.17, 15) is 14.7 Å². The summed E-state index contributed by atoms with van der Waals surface area (Å²) >= 11 is 0. The van der Waals surface area contributed by atoms with E-state index in [0.717, 1.165) is 37.1 Å². The minimum absolute atomic E-state index is 0.104. The standard InChI is InChI=1S/C32H33N5O5/c1-4-11-37(17-20-5-6-20)18-25(31(39)40)28(38)24-10-8-19(14-26(24)37)7-9-22-12-21(15-27(41-2)29(22)42-3)13-23-16-35-32(34)36-30(23)33/h8,10,12,14-16,18,20H,4-6,11,13,17H2,1-3H3,(H4-,33,34,35,36,39,40). The van der Waals surface area contributed by atoms with Gasteiger partial charge in [0.15, 0.2) is 11.5 Å². The minimum atomic E-state index is -1.45. The normalized spacial score (nSPS) is 17.5. The number of aliphatic carboxylic acids is 1. The van der Waals surface area contributed by atoms with Crippen LogP contribution in [0.4, 0.5) is 17.5 Å². The third kappa shape index (κ3) is 5.64. The average Bonchev–Trinajstić information content (AvgIpc) is 3.78. The van der Waals surface area contributed by atoms with Crippen molar-refractivity contribution in [3.8, 4) is 23.3 Å². The molecule has 2 aromatic carbocycles. The Hall–Kier alpha value is -4.88. The maximum atomic E-state index is 13.1. The average molecular weight is 568 g/mol. The van der Waals surface area contributed by atoms with Gasteiger partial charge in [-0.3, -0.25) is 9.28 Å². The second-order valence-electron chi connectivity index (χ2n) is 10.7. The zero-order chi connectivity index (χ0) is 30.0. The molecule has 1 aliphatic heterocycles. The zero-order valence-corrected chi connectivity index (χ0v) is 23.9. The number of carboxylic acids is 1. The number of carbonyl (C=O) groups is 2. The molecule has 216 valence electrons. The van der Waals surface area contributed by atoms with Crippen molar-refractivity contribution in [3.05, 3.63) is 76.1 Å². The lowest BCUT2D eigenvalue weighted by Gasteiger charge is -2.39. The number of nitrogens with zero attached hydrogens (tertiary/aromatic N) is 3. The molecule has 1 aromatic heterocycles. The number of fused-ring (bicyclic) bond motifs is 1. The van der Waals surface area contributed by atoms with Crippen LogP contribution >= 0.6 is 0 Å². The second kappa shape index (κ2) is 11.5. The van der Waals surface area contributed by atoms with Gasteiger partial charge >= 0.3 is 0 Å². The molecule has 2 heterocycles. The zero-order valence-electron chi connectivity index (χ0n) is 23.9. The van der Waals surface area contributed by atoms with E-state index in [0.29, 0.717) is 62.9 Å². The number of rotatable bonds is 9. The number of ether oxygens (including phenoxy) is 2. The van der Waals surface area contributed by atoms with Gasteiger partial charge < -0.3 is 30.8 Å². The summed E-state index contributed by atoms with van der Waals surface area (Å²) in [7, 11) is 3.11. The SMILES string of the molecule is CCC[N+]1(CC2CC2)C=C(C(=O)[O-])C(=O)c2ccc(C#Cc3cc(Cc4cnc(N)nc4N)cc(OC)c3OC)cc21. The Balaban J connectivity index is 1.57. The lowest BCUT2D eigenvalue weighted by molar-refractivity contribution is -0.298. The number of nitrogen functional groups attached to an aromatic ring is 2. The highest BCUT2D eigenvalue weighted by Gasteiger charge is 2.43. The van der Waals surface area contributed by atoms with Crippen LogP contribution in [-0.2, 0) is 11.2 Å². The van der Waals surface area contributed by atoms with Gasteiger partial charge in [0.25, 0.3) is 0 Å². The molecule has 5 rings (SSSR count). The quantitative estimate of drug-likeness (QED) is 0.226. The van der Waals surface area contributed by atoms with E-state index in [2.05, 4.69) is 28.7 Å². The molecule has 0 spiro atoms. The molecule has 1 atom stereocenters. The monoisotopic (exact) mass is 567 g/mol. The largest absolute Gasteiger partial charge is 0.544 e. The first-order valence-electron chi connectivity index (χ1n) is 13.8. The molecule has 0 saturated heterocycles. The fourth-order valence-electron chi connectivity index (χ4n) is 5.57. The number of hydrogen-bond donors (Lipinski definition) is 2. The highest BCUT2D eigenvalue weighted by Crippen LogP contribution is 2.41. The Morgan fingerprint density at radius 1 is 1.14 bits per heavy atom. The molecule has 10 nitrogen and oxygen atoms in total. The van der Waals surface area contributed by atoms with Crippen LogP contribution in [0.25, 0.3) is 0 Å². The lowest BCUT2D eigenvalue weighted by Crippen LogP contribution is -2.51. The van der Waals surface area contributed by atoms with Crippen molar-refractivity contribution in [2.75, 3.05) is 38.8 Å². The molecule has 2 aliphatic rings. The number of carbonyl (C=O) groups excluding carboxylic acids is 2. The highest BCUT2D eigenvalue weighted by atomic mass is 16.5. The van der Waals surface area contributed by atoms with Crippen molar-refractivity contribution in [1.29, 1.82) is 0 Å². The van der Waals surface area contributed by atoms with Gasteiger partial charge in [-0.2, -0.15) is 4.98 Å². The van der Waals surface area contributed by atoms with E-state index in [1.165, 1.54) is 0 Å². The fourth-order valence-corrected chi connectivity index (χ4v) is 5.57. The van der Waals surface area contributed by atoms with Gasteiger partial charge in [-0.15, -0.1) is 0 Å². The number of hydrogen-bond acceptors (Lipinski definition) is 9. The van der Waals surface area contributed by atoms with Crippen molar-refractivity contribution in [2.24, 2.45) is 5.92 Å². The van der Waals surface area contributed by atoms with Crippen LogP contribution in [0.2, 0.25) is 0 Å². The highest BCUT2D eigenvalue weighted by molar-refractivity contribution is 6.26. The molecule has 1 fully saturated rings. The van der Waals surface area contributed by atoms with Gasteiger partial charge in [0, 0.05) is 35.7 Å². The molecular weight excluding hydrogens is 534 g/mol. The number of anilines is 2. The molecule has 1 aliphatic carbocycles. The smallest absolute Gasteiger partial charge is 0.221 e. The van der Waals surface area contributed by atoms with Gasteiger partial charge in [-0.05, 0) is 49.1 Å². The van der Waals surface area contributed by atoms with Crippen molar-refractivity contribution < 1.29 is 24.2 Å². The second-order valence-corrected chi connectivity index (χ2v) is 10.7. The number of nitrogens with two attached hydrogens (primary N) is 2. The molecule has 0 amide bonds. The molecule has 3 aromatic rings. The number of methoxy groups -OCH3 is 2. The predicted molar refractivity (Wildman–Crippen MR) is 158 cm³/mol. The van der Waals surface area contributed by atoms with E-state index < -0.39 is 11.8 Å². The van der Waals surface area contributed by atoms with Crippen LogP contribution < -0.4 is 30.5 Å². The number of Topliss-reactive ketones (excluding diaryl/α,β-unsaturated/α-hetero) is 1. The summed E-state index contributed by atoms with van der Waals surface area (Å²) in [6.07, 6.45) is 6.59. The summed E-state index contributed by atoms with van der Waals surface area (Å²) in [6, 6.07) is 9.05. The molecule has 0 radical (unpaired) electrons. The number of ketones is 1. The van der Waals surface area contributed by atoms with Crippen LogP contribution in [0.1, 0.15) is 58.8 Å². The van der Waals surface area contributed by atoms with Crippen molar-refractivity contribution >= 4 is 29.2 Å². The van der Waals surface area contributed by atoms with Crippen LogP contribution in [-0.4, -0.2) is 49.0 Å². The van der Waals surface area contributed by atoms with E-state index in [1.54, 1.807) is 38.7 Å². The third-order valence-corrected chi connectivity index (χ3v) is 7.66. The first-order chi connectivity index (χ1) is 20.2. The summed E-state index contributed by atoms with van der Waals surface area (Å²) in [5.41, 5.74) is 15.4. The molecule has 1 saturated carbocycles. The van der Waals surface area contributed by atoms with Crippen LogP contribution in [0.5, 0.6) is 11.5 Å². The molecular formula is C32H33N5O5. The van der Waals surface area contributed by atoms with Gasteiger partial charge in [0.05, 0.1) is 50.0 Å². The van der Waals surface area contributed by atoms with Crippen molar-refractivity contribution in [2.45, 2.75) is 32.6 Å². The Labute approximate surface area is 244 Å². The Morgan fingerprint density at radius 3 is 2.57 bits per heavy atom. The number of quaternary nitrogens is 1. The molecule has 0 bridgehead atoms. The van der Waals surface area contributed by atoms with Gasteiger partial charge in [-0.1, -0.05) is 18.8 Å². The summed E-state index contributed by atoms with van der Waals surface area (Å²) in [6.45, 7) is 3.44. The van der Waals surface area contributed by atoms with E-state index >= 15 is 0 Å². The van der Waals surface area contributed by atoms with E-state index in [1.807, 2.05) is 18.2 Å². The van der Waals surface area contributed by atoms with E-state index in [4.69, 9.17) is 20.9 Å². The van der Waals surface area contributed by atoms with Crippen LogP contribution in [0.3, 0.4) is 0 Å². The fraction of sp³-hybridized carbons (Fsp3) is 0.312. The van der Waals surface area contributed by atoms with Crippen LogP contribution in [0.15, 0.2) is 48.3 Å². The lowest BCUT2D eigenvalue weighted by atomic mass is 9.93. The van der Waals surface area contributed by atoms with Crippen molar-refractivity contribution in [3.63, 3.8) is 0 Å². The van der Waals surface area contributed by atoms with Crippen LogP contribution in [0, 0.1) is 17.8 Å². The van der Waals surface area contributed by atoms with Gasteiger partial charge in [-0.25, -0.2) is 4.98 Å². The Kier molecular flexibility index (Phi) is 7.87. The minimum Gasteiger partial charge on any atom is -0.544 e. The maximum absolute atomic E-state index is 13.1. The third-order valence-electron chi connectivity index (χ3n) is 7.66. The molecule has 10 heteroatoms. The van der Waals surface area contributed by atoms with Gasteiger partial charge in [0.1, 0.15) is 17.7 Å². The Bertz CT molecular complexity index is 1670. The topological polar surface area (TPSA) is 153 Å². The summed E-state index contributed by atoms with van der Waals surface area (Å²) in [5.74, 6) is 6.32. The molecule has 1 unspecified atom stereocenters. The predicted octanol–water partition coefficient (Wildman–Crippen LogP) is 2.61. The van der Waals surface area contributed by atoms with Gasteiger partial charge in [0.2, 0.25) is 11.7 Å². The number of benzene rings is 2. The number of carboxylic acid groups (broad SMARTS) is 1. The summed E-state index contributed by atoms with van der Waals surface area (Å²) < 4.78 is 11.5. The van der Waals surface area contributed by atoms with Crippen molar-refractivity contribution in [1.82, 2.24) is 14.5 Å². The molecule has 42 heavy (non-hydrogen) atoms. The summed E-state index contributed by atoms with van der Waals surface area (Å²) in [4.78, 5) is 33.1. The van der Waals surface area contributed by atoms with E-state index in [-0.39, 0.29) is 11.5 Å². The first-order valence-corrected chi connectivity index (χ1v) is 13.8. The first kappa shape index (κ1) is 28.6. The Morgan fingerprint density at radius 2 is 1.93 bits per heavy atom. The summed E-state index contributed by atoms with van der Waals surface area (Å²) in [5, 5.41) is 11.9. The maximum Gasteiger partial charge on any atom is 0.221 e.